The predicted molar refractivity (Wildman–Crippen MR) is 113 cm³/mol. The van der Waals surface area contributed by atoms with Crippen LogP contribution < -0.4 is 16.0 Å². The number of amides is 2. The number of rotatable bonds is 6. The molecule has 7 heteroatoms. The fourth-order valence-corrected chi connectivity index (χ4v) is 6.27. The number of carbonyl (C=O) groups is 3. The summed E-state index contributed by atoms with van der Waals surface area (Å²) in [6.45, 7) is 5.21. The van der Waals surface area contributed by atoms with Crippen molar-refractivity contribution >= 4 is 23.5 Å². The zero-order chi connectivity index (χ0) is 21.7. The maximum atomic E-state index is 13.2. The summed E-state index contributed by atoms with van der Waals surface area (Å²) in [5.41, 5.74) is -0.194. The first-order valence-electron chi connectivity index (χ1n) is 10.8. The van der Waals surface area contributed by atoms with E-state index in [1.807, 2.05) is 13.8 Å². The molecule has 0 aliphatic heterocycles. The first-order chi connectivity index (χ1) is 14.1. The van der Waals surface area contributed by atoms with Gasteiger partial charge in [0.05, 0.1) is 5.56 Å². The van der Waals surface area contributed by atoms with E-state index in [-0.39, 0.29) is 29.0 Å². The zero-order valence-corrected chi connectivity index (χ0v) is 17.8. The van der Waals surface area contributed by atoms with Gasteiger partial charge < -0.3 is 21.1 Å². The van der Waals surface area contributed by atoms with Crippen LogP contribution in [0, 0.1) is 17.8 Å². The van der Waals surface area contributed by atoms with Crippen molar-refractivity contribution in [2.24, 2.45) is 17.8 Å². The lowest BCUT2D eigenvalue weighted by Crippen LogP contribution is -2.67. The van der Waals surface area contributed by atoms with E-state index in [0.29, 0.717) is 23.4 Å². The Hall–Kier alpha value is -2.57. The van der Waals surface area contributed by atoms with Crippen LogP contribution in [0.5, 0.6) is 0 Å². The van der Waals surface area contributed by atoms with Crippen LogP contribution in [-0.4, -0.2) is 40.0 Å². The molecule has 4 aliphatic rings. The summed E-state index contributed by atoms with van der Waals surface area (Å²) in [6.07, 6.45) is 5.14. The van der Waals surface area contributed by atoms with Crippen LogP contribution in [0.15, 0.2) is 24.3 Å². The summed E-state index contributed by atoms with van der Waals surface area (Å²) in [6, 6.07) is 6.63. The van der Waals surface area contributed by atoms with Gasteiger partial charge in [0.15, 0.2) is 0 Å². The SMILES string of the molecule is CC(=O)N[C@@]12CC3C[C@H](C1)[C@H](NC(=O)C(C)(C)Nc1cccc(C(=O)O)c1)[C@@H](C3)C2. The van der Waals surface area contributed by atoms with Gasteiger partial charge in [-0.3, -0.25) is 9.59 Å². The van der Waals surface area contributed by atoms with Crippen LogP contribution >= 0.6 is 0 Å². The maximum Gasteiger partial charge on any atom is 0.335 e. The monoisotopic (exact) mass is 413 g/mol. The van der Waals surface area contributed by atoms with Crippen molar-refractivity contribution in [1.82, 2.24) is 10.6 Å². The standard InChI is InChI=1S/C23H31N3O4/c1-13(27)25-23-10-14-7-16(11-23)19(17(8-14)12-23)24-21(30)22(2,3)26-18-6-4-5-15(9-18)20(28)29/h4-6,9,14,16-17,19,26H,7-8,10-12H2,1-3H3,(H,24,30)(H,25,27)(H,28,29)/t14?,16-,17+,19+,23+. The van der Waals surface area contributed by atoms with Crippen molar-refractivity contribution in [2.75, 3.05) is 5.32 Å². The van der Waals surface area contributed by atoms with Crippen LogP contribution in [0.1, 0.15) is 63.2 Å². The highest BCUT2D eigenvalue weighted by Gasteiger charge is 2.56. The zero-order valence-electron chi connectivity index (χ0n) is 17.8. The molecular formula is C23H31N3O4. The smallest absolute Gasteiger partial charge is 0.335 e. The molecule has 0 heterocycles. The van der Waals surface area contributed by atoms with E-state index in [2.05, 4.69) is 16.0 Å². The average Bonchev–Trinajstić information content (AvgIpc) is 2.62. The van der Waals surface area contributed by atoms with Crippen molar-refractivity contribution in [2.45, 2.75) is 70.0 Å². The van der Waals surface area contributed by atoms with Gasteiger partial charge in [0, 0.05) is 24.2 Å². The van der Waals surface area contributed by atoms with Gasteiger partial charge in [0.1, 0.15) is 5.54 Å². The van der Waals surface area contributed by atoms with E-state index >= 15 is 0 Å². The second-order valence-electron chi connectivity index (χ2n) is 10.1. The van der Waals surface area contributed by atoms with Gasteiger partial charge in [-0.2, -0.15) is 0 Å². The van der Waals surface area contributed by atoms with Gasteiger partial charge in [-0.25, -0.2) is 4.79 Å². The van der Waals surface area contributed by atoms with Crippen molar-refractivity contribution in [3.8, 4) is 0 Å². The lowest BCUT2D eigenvalue weighted by atomic mass is 9.51. The summed E-state index contributed by atoms with van der Waals surface area (Å²) in [7, 11) is 0. The van der Waals surface area contributed by atoms with E-state index in [9.17, 15) is 19.5 Å². The van der Waals surface area contributed by atoms with Gasteiger partial charge >= 0.3 is 5.97 Å². The molecule has 0 spiro atoms. The Morgan fingerprint density at radius 1 is 1.10 bits per heavy atom. The Bertz CT molecular complexity index is 865. The van der Waals surface area contributed by atoms with Crippen molar-refractivity contribution in [1.29, 1.82) is 0 Å². The van der Waals surface area contributed by atoms with Crippen molar-refractivity contribution < 1.29 is 19.5 Å². The number of aromatic carboxylic acids is 1. The molecule has 2 amide bonds. The van der Waals surface area contributed by atoms with E-state index < -0.39 is 11.5 Å². The first kappa shape index (κ1) is 20.7. The van der Waals surface area contributed by atoms with Crippen molar-refractivity contribution in [3.05, 3.63) is 29.8 Å². The number of hydrogen-bond acceptors (Lipinski definition) is 4. The highest BCUT2D eigenvalue weighted by molar-refractivity contribution is 5.91. The number of anilines is 1. The molecule has 5 atom stereocenters. The summed E-state index contributed by atoms with van der Waals surface area (Å²) in [5.74, 6) is 0.354. The molecule has 4 fully saturated rings. The number of benzene rings is 1. The molecule has 4 N–H and O–H groups in total. The molecule has 4 bridgehead atoms. The van der Waals surface area contributed by atoms with Gasteiger partial charge in [-0.15, -0.1) is 0 Å². The molecule has 5 rings (SSSR count). The Kier molecular flexibility index (Phi) is 5.03. The third-order valence-electron chi connectivity index (χ3n) is 7.15. The second kappa shape index (κ2) is 7.29. The number of nitrogens with one attached hydrogen (secondary N) is 3. The largest absolute Gasteiger partial charge is 0.478 e. The fourth-order valence-electron chi connectivity index (χ4n) is 6.27. The van der Waals surface area contributed by atoms with E-state index in [1.54, 1.807) is 19.1 Å². The predicted octanol–water partition coefficient (Wildman–Crippen LogP) is 2.77. The summed E-state index contributed by atoms with van der Waals surface area (Å²) < 4.78 is 0. The maximum absolute atomic E-state index is 13.2. The minimum Gasteiger partial charge on any atom is -0.478 e. The minimum absolute atomic E-state index is 0.0338. The minimum atomic E-state index is -0.998. The lowest BCUT2D eigenvalue weighted by Gasteiger charge is -2.60. The van der Waals surface area contributed by atoms with Gasteiger partial charge in [-0.1, -0.05) is 6.07 Å². The van der Waals surface area contributed by atoms with Gasteiger partial charge in [0.25, 0.3) is 0 Å². The molecule has 0 radical (unpaired) electrons. The topological polar surface area (TPSA) is 108 Å². The number of carboxylic acid groups (broad SMARTS) is 1. The van der Waals surface area contributed by atoms with Gasteiger partial charge in [-0.05, 0) is 81.9 Å². The van der Waals surface area contributed by atoms with E-state index in [0.717, 1.165) is 32.1 Å². The molecule has 0 saturated heterocycles. The van der Waals surface area contributed by atoms with E-state index in [4.69, 9.17) is 0 Å². The van der Waals surface area contributed by atoms with Crippen LogP contribution in [0.25, 0.3) is 0 Å². The van der Waals surface area contributed by atoms with Crippen LogP contribution in [0.4, 0.5) is 5.69 Å². The highest BCUT2D eigenvalue weighted by Crippen LogP contribution is 2.55. The molecule has 1 unspecified atom stereocenters. The molecule has 4 aliphatic carbocycles. The third kappa shape index (κ3) is 3.89. The second-order valence-corrected chi connectivity index (χ2v) is 10.1. The Morgan fingerprint density at radius 2 is 1.77 bits per heavy atom. The summed E-state index contributed by atoms with van der Waals surface area (Å²) in [5, 5.41) is 18.9. The normalized spacial score (nSPS) is 31.8. The van der Waals surface area contributed by atoms with Crippen LogP contribution in [0.3, 0.4) is 0 Å². The van der Waals surface area contributed by atoms with Crippen LogP contribution in [0.2, 0.25) is 0 Å². The number of carbonyl (C=O) groups excluding carboxylic acids is 2. The van der Waals surface area contributed by atoms with Crippen molar-refractivity contribution in [3.63, 3.8) is 0 Å². The number of hydrogen-bond donors (Lipinski definition) is 4. The lowest BCUT2D eigenvalue weighted by molar-refractivity contribution is -0.132. The molecule has 1 aromatic carbocycles. The Balaban J connectivity index is 1.44. The van der Waals surface area contributed by atoms with Crippen LogP contribution in [-0.2, 0) is 9.59 Å². The molecule has 4 saturated carbocycles. The number of carboxylic acids is 1. The summed E-state index contributed by atoms with van der Waals surface area (Å²) >= 11 is 0. The van der Waals surface area contributed by atoms with Gasteiger partial charge in [0.2, 0.25) is 11.8 Å². The summed E-state index contributed by atoms with van der Waals surface area (Å²) in [4.78, 5) is 36.1. The molecule has 30 heavy (non-hydrogen) atoms. The molecule has 1 aromatic rings. The quantitative estimate of drug-likeness (QED) is 0.574. The molecule has 162 valence electrons. The Morgan fingerprint density at radius 3 is 2.37 bits per heavy atom. The highest BCUT2D eigenvalue weighted by atomic mass is 16.4. The average molecular weight is 414 g/mol. The fraction of sp³-hybridized carbons (Fsp3) is 0.609. The first-order valence-corrected chi connectivity index (χ1v) is 10.8. The Labute approximate surface area is 177 Å². The molecule has 7 nitrogen and oxygen atoms in total. The molecule has 0 aromatic heterocycles. The molecular weight excluding hydrogens is 382 g/mol. The van der Waals surface area contributed by atoms with E-state index in [1.165, 1.54) is 12.1 Å². The third-order valence-corrected chi connectivity index (χ3v) is 7.15.